The number of phenolic OH excluding ortho intramolecular Hbond substituents is 2. The molecule has 0 aliphatic carbocycles. The van der Waals surface area contributed by atoms with Crippen molar-refractivity contribution < 1.29 is 49.8 Å². The molecule has 4 bridgehead atoms. The fourth-order valence-corrected chi connectivity index (χ4v) is 7.75. The quantitative estimate of drug-likeness (QED) is 0.0660. The number of carbonyl (C=O) groups is 6. The number of fused-ring (bicyclic) bond motifs is 5. The number of nitrogens with one attached hydrogen (secondary N) is 4. The third-order valence-corrected chi connectivity index (χ3v) is 11.5. The van der Waals surface area contributed by atoms with Gasteiger partial charge in [0.25, 0.3) is 5.91 Å². The van der Waals surface area contributed by atoms with Crippen molar-refractivity contribution in [3.8, 4) is 33.8 Å². The minimum atomic E-state index is -1.43. The van der Waals surface area contributed by atoms with Crippen LogP contribution in [0, 0.1) is 0 Å². The highest BCUT2D eigenvalue weighted by Gasteiger charge is 2.36. The molecule has 4 atom stereocenters. The van der Waals surface area contributed by atoms with E-state index in [-0.39, 0.29) is 59.9 Å². The van der Waals surface area contributed by atoms with Crippen molar-refractivity contribution in [1.82, 2.24) is 26.2 Å². The fraction of sp³-hybridized carbons (Fsp3) is 0.388. The van der Waals surface area contributed by atoms with Crippen LogP contribution in [0.2, 0.25) is 0 Å². The Morgan fingerprint density at radius 1 is 0.812 bits per heavy atom. The lowest BCUT2D eigenvalue weighted by atomic mass is 9.93. The molecule has 64 heavy (non-hydrogen) atoms. The van der Waals surface area contributed by atoms with Crippen LogP contribution in [-0.2, 0) is 36.8 Å². The van der Waals surface area contributed by atoms with Gasteiger partial charge in [0.2, 0.25) is 23.6 Å². The molecule has 15 nitrogen and oxygen atoms in total. The molecule has 340 valence electrons. The molecule has 4 aromatic carbocycles. The molecule has 10 N–H and O–H groups in total. The molecule has 0 unspecified atom stereocenters. The molecule has 0 radical (unpaired) electrons. The van der Waals surface area contributed by atoms with E-state index in [1.54, 1.807) is 12.1 Å². The SMILES string of the molecule is CCCCCCc1ccc(-c2ccc(C(=O)NCCC(=O)N[C@@H](CCCC[NH3+])C(=O)N(C)[C@@H]3C(=O)N[C@@H](C)C(=O)N[C@H](C(=O)O)Cc4ccc(O)c(c4)-c4cc3ccc4O)cc2)cc1. The van der Waals surface area contributed by atoms with Crippen LogP contribution >= 0.6 is 0 Å². The number of aryl methyl sites for hydroxylation is 1. The molecule has 15 heteroatoms. The monoisotopic (exact) mass is 877 g/mol. The van der Waals surface area contributed by atoms with E-state index in [1.165, 1.54) is 81.6 Å². The summed E-state index contributed by atoms with van der Waals surface area (Å²) in [7, 11) is 1.38. The summed E-state index contributed by atoms with van der Waals surface area (Å²) in [6.45, 7) is 4.15. The van der Waals surface area contributed by atoms with Gasteiger partial charge in [0.15, 0.2) is 0 Å². The Hall–Kier alpha value is -6.74. The maximum Gasteiger partial charge on any atom is 0.326 e. The largest absolute Gasteiger partial charge is 0.507 e. The number of likely N-dealkylation sites (N-methyl/N-ethyl adjacent to an activating group) is 1. The molecule has 1 aliphatic rings. The van der Waals surface area contributed by atoms with E-state index in [0.717, 1.165) is 22.4 Å². The highest BCUT2D eigenvalue weighted by molar-refractivity contribution is 5.97. The predicted molar refractivity (Wildman–Crippen MR) is 242 cm³/mol. The van der Waals surface area contributed by atoms with Gasteiger partial charge in [-0.2, -0.15) is 0 Å². The number of benzene rings is 4. The van der Waals surface area contributed by atoms with Crippen LogP contribution in [0.5, 0.6) is 11.5 Å². The highest BCUT2D eigenvalue weighted by Crippen LogP contribution is 2.39. The first kappa shape index (κ1) is 48.3. The lowest BCUT2D eigenvalue weighted by Crippen LogP contribution is -2.55. The van der Waals surface area contributed by atoms with Crippen LogP contribution in [-0.4, -0.2) is 94.0 Å². The van der Waals surface area contributed by atoms with E-state index in [4.69, 9.17) is 0 Å². The summed E-state index contributed by atoms with van der Waals surface area (Å²) < 4.78 is 0. The first-order valence-electron chi connectivity index (χ1n) is 22.0. The van der Waals surface area contributed by atoms with Crippen LogP contribution in [0.25, 0.3) is 22.3 Å². The van der Waals surface area contributed by atoms with Crippen molar-refractivity contribution in [3.05, 3.63) is 107 Å². The van der Waals surface area contributed by atoms with Crippen LogP contribution < -0.4 is 27.0 Å². The second-order valence-corrected chi connectivity index (χ2v) is 16.4. The third-order valence-electron chi connectivity index (χ3n) is 11.5. The zero-order valence-corrected chi connectivity index (χ0v) is 36.8. The highest BCUT2D eigenvalue weighted by atomic mass is 16.4. The molecule has 1 aliphatic heterocycles. The minimum Gasteiger partial charge on any atom is -0.507 e. The summed E-state index contributed by atoms with van der Waals surface area (Å²) in [5.74, 6) is -4.93. The number of rotatable bonds is 18. The Morgan fingerprint density at radius 2 is 1.47 bits per heavy atom. The number of phenols is 2. The van der Waals surface area contributed by atoms with Crippen molar-refractivity contribution in [2.75, 3.05) is 20.1 Å². The normalized spacial score (nSPS) is 16.7. The zero-order chi connectivity index (χ0) is 46.3. The summed E-state index contributed by atoms with van der Waals surface area (Å²) in [5, 5.41) is 42.4. The minimum absolute atomic E-state index is 0.0141. The average Bonchev–Trinajstić information content (AvgIpc) is 3.28. The van der Waals surface area contributed by atoms with Gasteiger partial charge in [0.05, 0.1) is 6.54 Å². The van der Waals surface area contributed by atoms with E-state index >= 15 is 0 Å². The molecule has 0 aromatic heterocycles. The first-order valence-corrected chi connectivity index (χ1v) is 22.0. The molecule has 0 saturated heterocycles. The summed E-state index contributed by atoms with van der Waals surface area (Å²) in [4.78, 5) is 81.6. The molecule has 0 saturated carbocycles. The lowest BCUT2D eigenvalue weighted by molar-refractivity contribution is -0.368. The van der Waals surface area contributed by atoms with E-state index < -0.39 is 53.8 Å². The third kappa shape index (κ3) is 12.9. The summed E-state index contributed by atoms with van der Waals surface area (Å²) in [5.41, 5.74) is 8.49. The number of amides is 5. The standard InChI is InChI=1S/C49H60N6O9/c1-4-5-6-7-10-31-12-15-33(16-13-31)34-17-19-35(20-18-34)46(60)51-26-24-43(58)53-39(11-8-9-25-50)48(62)55(3)44-36-21-23-42(57)38(29-36)37-27-32(14-22-41(37)56)28-40(49(63)64)54-45(59)30(2)52-47(44)61/h12-23,27,29-30,39-40,44,56-57H,4-11,24-26,28,50H2,1-3H3,(H,51,60)(H,52,61)(H,53,58)(H,54,59)(H,63,64)/p+1/t30-,39-,40-,44-/m0/s1. The van der Waals surface area contributed by atoms with Crippen LogP contribution in [0.4, 0.5) is 0 Å². The number of unbranched alkanes of at least 4 members (excludes halogenated alkanes) is 4. The Kier molecular flexibility index (Phi) is 17.4. The molecule has 0 fully saturated rings. The Labute approximate surface area is 373 Å². The molecule has 4 aromatic rings. The number of nitrogens with zero attached hydrogens (tertiary/aromatic N) is 1. The number of quaternary nitrogens is 1. The Balaban J connectivity index is 1.29. The molecule has 1 heterocycles. The Bertz CT molecular complexity index is 2280. The van der Waals surface area contributed by atoms with Crippen molar-refractivity contribution in [2.45, 2.75) is 102 Å². The molecular formula is C49H61N6O9+. The van der Waals surface area contributed by atoms with E-state index in [0.29, 0.717) is 30.5 Å². The molecule has 5 rings (SSSR count). The van der Waals surface area contributed by atoms with Gasteiger partial charge in [0.1, 0.15) is 35.7 Å². The van der Waals surface area contributed by atoms with Gasteiger partial charge >= 0.3 is 5.97 Å². The van der Waals surface area contributed by atoms with Gasteiger partial charge in [0, 0.05) is 43.1 Å². The number of aliphatic carboxylic acids is 1. The Morgan fingerprint density at radius 3 is 2.12 bits per heavy atom. The number of carboxylic acids is 1. The van der Waals surface area contributed by atoms with Crippen LogP contribution in [0.1, 0.15) is 98.3 Å². The number of aromatic hydroxyl groups is 2. The van der Waals surface area contributed by atoms with Crippen molar-refractivity contribution in [3.63, 3.8) is 0 Å². The summed E-state index contributed by atoms with van der Waals surface area (Å²) in [6.07, 6.45) is 6.96. The second kappa shape index (κ2) is 23.1. The van der Waals surface area contributed by atoms with Gasteiger partial charge in [-0.05, 0) is 103 Å². The first-order chi connectivity index (χ1) is 30.7. The van der Waals surface area contributed by atoms with Crippen molar-refractivity contribution in [2.24, 2.45) is 0 Å². The second-order valence-electron chi connectivity index (χ2n) is 16.4. The smallest absolute Gasteiger partial charge is 0.326 e. The van der Waals surface area contributed by atoms with Gasteiger partial charge in [-0.25, -0.2) is 4.79 Å². The summed E-state index contributed by atoms with van der Waals surface area (Å²) in [6, 6.07) is 19.0. The van der Waals surface area contributed by atoms with E-state index in [2.05, 4.69) is 58.2 Å². The summed E-state index contributed by atoms with van der Waals surface area (Å²) >= 11 is 0. The van der Waals surface area contributed by atoms with Crippen LogP contribution in [0.15, 0.2) is 84.9 Å². The van der Waals surface area contributed by atoms with Crippen molar-refractivity contribution >= 4 is 35.5 Å². The number of hydrogen-bond acceptors (Lipinski definition) is 8. The van der Waals surface area contributed by atoms with Gasteiger partial charge in [-0.1, -0.05) is 74.7 Å². The number of carbonyl (C=O) groups excluding carboxylic acids is 5. The van der Waals surface area contributed by atoms with Crippen LogP contribution in [0.3, 0.4) is 0 Å². The fourth-order valence-electron chi connectivity index (χ4n) is 7.75. The zero-order valence-electron chi connectivity index (χ0n) is 36.8. The predicted octanol–water partition coefficient (Wildman–Crippen LogP) is 4.40. The van der Waals surface area contributed by atoms with Gasteiger partial charge in [-0.3, -0.25) is 24.0 Å². The van der Waals surface area contributed by atoms with Crippen molar-refractivity contribution in [1.29, 1.82) is 0 Å². The van der Waals surface area contributed by atoms with E-state index in [1.807, 2.05) is 12.1 Å². The van der Waals surface area contributed by atoms with Gasteiger partial charge in [-0.15, -0.1) is 0 Å². The lowest BCUT2D eigenvalue weighted by Gasteiger charge is -2.32. The topological polar surface area (TPSA) is 242 Å². The van der Waals surface area contributed by atoms with Gasteiger partial charge < -0.3 is 47.2 Å². The molecule has 5 amide bonds. The molecular weight excluding hydrogens is 817 g/mol. The number of hydrogen-bond donors (Lipinski definition) is 8. The van der Waals surface area contributed by atoms with E-state index in [9.17, 15) is 44.1 Å². The molecule has 0 spiro atoms. The maximum atomic E-state index is 14.4. The average molecular weight is 878 g/mol. The maximum absolute atomic E-state index is 14.4. The number of carboxylic acid groups (broad SMARTS) is 1.